The number of hydrogen-bond donors (Lipinski definition) is 0. The average Bonchev–Trinajstić information content (AvgIpc) is 2.57. The molecule has 0 aliphatic heterocycles. The maximum Gasteiger partial charge on any atom is 0.256 e. The first-order chi connectivity index (χ1) is 11.5. The lowest BCUT2D eigenvalue weighted by Crippen LogP contribution is -2.37. The summed E-state index contributed by atoms with van der Waals surface area (Å²) in [6.45, 7) is 0.964. The number of nitrogens with zero attached hydrogens (tertiary/aromatic N) is 1. The van der Waals surface area contributed by atoms with Crippen LogP contribution < -0.4 is 4.74 Å². The van der Waals surface area contributed by atoms with Crippen molar-refractivity contribution in [3.05, 3.63) is 64.1 Å². The number of benzene rings is 2. The second-order valence-corrected chi connectivity index (χ2v) is 6.88. The molecule has 0 N–H and O–H groups in total. The summed E-state index contributed by atoms with van der Waals surface area (Å²) in [5.74, 6) is 0.341. The lowest BCUT2D eigenvalue weighted by Gasteiger charge is -2.23. The summed E-state index contributed by atoms with van der Waals surface area (Å²) >= 11 is 23.4. The van der Waals surface area contributed by atoms with Crippen LogP contribution in [0.4, 0.5) is 0 Å². The summed E-state index contributed by atoms with van der Waals surface area (Å²) in [6.07, 6.45) is 0. The normalized spacial score (nSPS) is 10.7. The van der Waals surface area contributed by atoms with E-state index in [2.05, 4.69) is 0 Å². The van der Waals surface area contributed by atoms with E-state index in [0.717, 1.165) is 11.3 Å². The SMILES string of the molecule is O=C(C(Cl)Cl)N(CCOc1ccccc1)Cc1ccc(Cl)c(Cl)c1. The van der Waals surface area contributed by atoms with Crippen LogP contribution in [0.5, 0.6) is 5.75 Å². The van der Waals surface area contributed by atoms with Crippen LogP contribution in [0.3, 0.4) is 0 Å². The summed E-state index contributed by atoms with van der Waals surface area (Å²) in [7, 11) is 0. The monoisotopic (exact) mass is 405 g/mol. The lowest BCUT2D eigenvalue weighted by molar-refractivity contribution is -0.130. The van der Waals surface area contributed by atoms with E-state index >= 15 is 0 Å². The maximum absolute atomic E-state index is 12.2. The van der Waals surface area contributed by atoms with Crippen LogP contribution in [0.15, 0.2) is 48.5 Å². The molecule has 2 rings (SSSR count). The summed E-state index contributed by atoms with van der Waals surface area (Å²) in [5.41, 5.74) is 0.825. The molecule has 2 aromatic rings. The van der Waals surface area contributed by atoms with E-state index in [1.54, 1.807) is 18.2 Å². The Hall–Kier alpha value is -1.13. The molecule has 0 atom stereocenters. The Balaban J connectivity index is 2.01. The van der Waals surface area contributed by atoms with Crippen LogP contribution in [0.2, 0.25) is 10.0 Å². The van der Waals surface area contributed by atoms with Gasteiger partial charge in [-0.15, -0.1) is 0 Å². The van der Waals surface area contributed by atoms with Crippen molar-refractivity contribution in [2.45, 2.75) is 11.4 Å². The molecule has 0 saturated heterocycles. The van der Waals surface area contributed by atoms with Crippen LogP contribution in [-0.4, -0.2) is 28.8 Å². The van der Waals surface area contributed by atoms with Crippen molar-refractivity contribution < 1.29 is 9.53 Å². The van der Waals surface area contributed by atoms with E-state index in [0.29, 0.717) is 29.7 Å². The Morgan fingerprint density at radius 3 is 2.38 bits per heavy atom. The topological polar surface area (TPSA) is 29.5 Å². The Bertz CT molecular complexity index is 680. The molecule has 0 aromatic heterocycles. The van der Waals surface area contributed by atoms with Gasteiger partial charge in [0.1, 0.15) is 12.4 Å². The number of para-hydroxylation sites is 1. The molecule has 2 aromatic carbocycles. The van der Waals surface area contributed by atoms with Crippen LogP contribution in [0, 0.1) is 0 Å². The molecule has 0 spiro atoms. The van der Waals surface area contributed by atoms with Gasteiger partial charge in [-0.3, -0.25) is 4.79 Å². The Morgan fingerprint density at radius 1 is 1.04 bits per heavy atom. The van der Waals surface area contributed by atoms with Crippen molar-refractivity contribution in [2.75, 3.05) is 13.2 Å². The molecule has 0 heterocycles. The van der Waals surface area contributed by atoms with Gasteiger partial charge in [0.2, 0.25) is 0 Å². The van der Waals surface area contributed by atoms with Gasteiger partial charge in [0.15, 0.2) is 4.84 Å². The van der Waals surface area contributed by atoms with Crippen molar-refractivity contribution in [3.63, 3.8) is 0 Å². The summed E-state index contributed by atoms with van der Waals surface area (Å²) in [5, 5.41) is 0.883. The average molecular weight is 407 g/mol. The quantitative estimate of drug-likeness (QED) is 0.591. The zero-order chi connectivity index (χ0) is 17.5. The van der Waals surface area contributed by atoms with E-state index in [-0.39, 0.29) is 5.91 Å². The lowest BCUT2D eigenvalue weighted by atomic mass is 10.2. The van der Waals surface area contributed by atoms with Gasteiger partial charge < -0.3 is 9.64 Å². The first-order valence-corrected chi connectivity index (χ1v) is 8.79. The van der Waals surface area contributed by atoms with E-state index < -0.39 is 4.84 Å². The van der Waals surface area contributed by atoms with Crippen molar-refractivity contribution >= 4 is 52.3 Å². The van der Waals surface area contributed by atoms with Crippen LogP contribution in [0.1, 0.15) is 5.56 Å². The summed E-state index contributed by atoms with van der Waals surface area (Å²) < 4.78 is 5.62. The number of amides is 1. The fourth-order valence-corrected chi connectivity index (χ4v) is 2.65. The third-order valence-corrected chi connectivity index (χ3v) is 4.34. The molecule has 7 heteroatoms. The molecule has 0 saturated carbocycles. The maximum atomic E-state index is 12.2. The van der Waals surface area contributed by atoms with Gasteiger partial charge in [-0.1, -0.05) is 70.7 Å². The van der Waals surface area contributed by atoms with Gasteiger partial charge in [-0.25, -0.2) is 0 Å². The molecule has 0 bridgehead atoms. The second kappa shape index (κ2) is 9.38. The van der Waals surface area contributed by atoms with Crippen molar-refractivity contribution in [1.82, 2.24) is 4.90 Å². The molecule has 0 fully saturated rings. The van der Waals surface area contributed by atoms with Crippen LogP contribution >= 0.6 is 46.4 Å². The molecule has 0 aliphatic rings. The highest BCUT2D eigenvalue weighted by atomic mass is 35.5. The predicted molar refractivity (Wildman–Crippen MR) is 99.3 cm³/mol. The third kappa shape index (κ3) is 5.75. The summed E-state index contributed by atoms with van der Waals surface area (Å²) in [4.78, 5) is 12.6. The fraction of sp³-hybridized carbons (Fsp3) is 0.235. The van der Waals surface area contributed by atoms with Crippen LogP contribution in [0.25, 0.3) is 0 Å². The largest absolute Gasteiger partial charge is 0.492 e. The highest BCUT2D eigenvalue weighted by Gasteiger charge is 2.20. The molecular formula is C17H15Cl4NO2. The summed E-state index contributed by atoms with van der Waals surface area (Å²) in [6, 6.07) is 14.5. The number of alkyl halides is 2. The molecular weight excluding hydrogens is 392 g/mol. The molecule has 0 radical (unpaired) electrons. The van der Waals surface area contributed by atoms with E-state index in [1.165, 1.54) is 4.90 Å². The van der Waals surface area contributed by atoms with Crippen molar-refractivity contribution in [3.8, 4) is 5.75 Å². The smallest absolute Gasteiger partial charge is 0.256 e. The van der Waals surface area contributed by atoms with Gasteiger partial charge >= 0.3 is 0 Å². The number of hydrogen-bond acceptors (Lipinski definition) is 2. The molecule has 128 valence electrons. The minimum absolute atomic E-state index is 0.309. The van der Waals surface area contributed by atoms with Gasteiger partial charge in [-0.2, -0.15) is 0 Å². The van der Waals surface area contributed by atoms with E-state index in [4.69, 9.17) is 51.1 Å². The van der Waals surface area contributed by atoms with Gasteiger partial charge in [-0.05, 0) is 29.8 Å². The number of halogens is 4. The highest BCUT2D eigenvalue weighted by Crippen LogP contribution is 2.23. The van der Waals surface area contributed by atoms with E-state index in [9.17, 15) is 4.79 Å². The third-order valence-electron chi connectivity index (χ3n) is 3.23. The fourth-order valence-electron chi connectivity index (χ4n) is 2.05. The molecule has 1 amide bonds. The van der Waals surface area contributed by atoms with E-state index in [1.807, 2.05) is 30.3 Å². The molecule has 0 aliphatic carbocycles. The van der Waals surface area contributed by atoms with Crippen molar-refractivity contribution in [1.29, 1.82) is 0 Å². The molecule has 0 unspecified atom stereocenters. The predicted octanol–water partition coefficient (Wildman–Crippen LogP) is 5.20. The Kier molecular flexibility index (Phi) is 7.50. The van der Waals surface area contributed by atoms with Crippen LogP contribution in [-0.2, 0) is 11.3 Å². The van der Waals surface area contributed by atoms with Gasteiger partial charge in [0, 0.05) is 6.54 Å². The standard InChI is InChI=1S/C17H15Cl4NO2/c18-14-7-6-12(10-15(14)19)11-22(17(23)16(20)21)8-9-24-13-4-2-1-3-5-13/h1-7,10,16H,8-9,11H2. The zero-order valence-electron chi connectivity index (χ0n) is 12.6. The molecule has 3 nitrogen and oxygen atoms in total. The van der Waals surface area contributed by atoms with Gasteiger partial charge in [0.05, 0.1) is 16.6 Å². The minimum atomic E-state index is -1.13. The Labute approximate surface area is 161 Å². The number of carbonyl (C=O) groups excluding carboxylic acids is 1. The zero-order valence-corrected chi connectivity index (χ0v) is 15.6. The van der Waals surface area contributed by atoms with Crippen molar-refractivity contribution in [2.24, 2.45) is 0 Å². The number of rotatable bonds is 7. The number of ether oxygens (including phenoxy) is 1. The minimum Gasteiger partial charge on any atom is -0.492 e. The first-order valence-electron chi connectivity index (χ1n) is 7.16. The first kappa shape index (κ1) is 19.2. The number of carbonyl (C=O) groups is 1. The second-order valence-electron chi connectivity index (χ2n) is 4.97. The highest BCUT2D eigenvalue weighted by molar-refractivity contribution is 6.53. The Morgan fingerprint density at radius 2 is 1.75 bits per heavy atom. The van der Waals surface area contributed by atoms with Gasteiger partial charge in [0.25, 0.3) is 5.91 Å². The molecule has 24 heavy (non-hydrogen) atoms.